The van der Waals surface area contributed by atoms with Crippen molar-refractivity contribution in [2.45, 2.75) is 0 Å². The largest absolute Gasteiger partial charge is 0.477 e. The molecule has 0 bridgehead atoms. The van der Waals surface area contributed by atoms with Gasteiger partial charge in [-0.3, -0.25) is 0 Å². The number of hydrogen-bond acceptors (Lipinski definition) is 3. The highest BCUT2D eigenvalue weighted by atomic mass is 127. The molecule has 0 saturated heterocycles. The van der Waals surface area contributed by atoms with E-state index in [1.807, 2.05) is 12.1 Å². The van der Waals surface area contributed by atoms with Gasteiger partial charge in [0.1, 0.15) is 11.3 Å². The molecule has 4 nitrogen and oxygen atoms in total. The quantitative estimate of drug-likeness (QED) is 0.166. The minimum Gasteiger partial charge on any atom is -0.477 e. The summed E-state index contributed by atoms with van der Waals surface area (Å²) in [5, 5.41) is 9.22. The predicted molar refractivity (Wildman–Crippen MR) is 99.6 cm³/mol. The first-order valence-electron chi connectivity index (χ1n) is 6.14. The van der Waals surface area contributed by atoms with Gasteiger partial charge in [0.15, 0.2) is 0 Å². The van der Waals surface area contributed by atoms with Crippen LogP contribution in [0.2, 0.25) is 0 Å². The molecule has 6 heteroatoms. The summed E-state index contributed by atoms with van der Waals surface area (Å²) in [5.41, 5.74) is 0.203. The van der Waals surface area contributed by atoms with Crippen LogP contribution in [0.25, 0.3) is 6.08 Å². The summed E-state index contributed by atoms with van der Waals surface area (Å²) in [6.07, 6.45) is 1.30. The number of aliphatic carboxylic acids is 1. The van der Waals surface area contributed by atoms with Crippen LogP contribution in [0.5, 0.6) is 5.75 Å². The van der Waals surface area contributed by atoms with E-state index >= 15 is 0 Å². The van der Waals surface area contributed by atoms with E-state index in [0.717, 1.165) is 7.14 Å². The van der Waals surface area contributed by atoms with Gasteiger partial charge in [0.05, 0.1) is 0 Å². The first-order chi connectivity index (χ1) is 10.5. The molecule has 0 radical (unpaired) electrons. The second-order valence-electron chi connectivity index (χ2n) is 4.27. The Morgan fingerprint density at radius 1 is 1.00 bits per heavy atom. The molecule has 22 heavy (non-hydrogen) atoms. The van der Waals surface area contributed by atoms with Gasteiger partial charge in [-0.1, -0.05) is 30.3 Å². The van der Waals surface area contributed by atoms with Crippen LogP contribution in [-0.4, -0.2) is 17.0 Å². The second-order valence-corrected chi connectivity index (χ2v) is 6.76. The fourth-order valence-electron chi connectivity index (χ4n) is 1.67. The summed E-state index contributed by atoms with van der Waals surface area (Å²) in [6.45, 7) is 0. The molecule has 0 fully saturated rings. The van der Waals surface area contributed by atoms with Crippen LogP contribution in [0.1, 0.15) is 5.56 Å². The number of rotatable bonds is 4. The Hall–Kier alpha value is -1.42. The molecule has 0 unspecified atom stereocenters. The molecule has 0 aliphatic carbocycles. The van der Waals surface area contributed by atoms with Crippen molar-refractivity contribution >= 4 is 63.2 Å². The molecule has 0 amide bonds. The Morgan fingerprint density at radius 2 is 1.59 bits per heavy atom. The van der Waals surface area contributed by atoms with Crippen LogP contribution in [-0.2, 0) is 9.59 Å². The Balaban J connectivity index is 2.27. The van der Waals surface area contributed by atoms with Gasteiger partial charge < -0.3 is 9.84 Å². The van der Waals surface area contributed by atoms with E-state index in [-0.39, 0.29) is 0 Å². The second kappa shape index (κ2) is 7.73. The van der Waals surface area contributed by atoms with Crippen molar-refractivity contribution in [2.24, 2.45) is 0 Å². The predicted octanol–water partition coefficient (Wildman–Crippen LogP) is 3.97. The van der Waals surface area contributed by atoms with Gasteiger partial charge >= 0.3 is 11.9 Å². The van der Waals surface area contributed by atoms with Crippen LogP contribution >= 0.6 is 45.2 Å². The number of halogens is 2. The zero-order chi connectivity index (χ0) is 16.1. The van der Waals surface area contributed by atoms with E-state index in [1.165, 1.54) is 6.08 Å². The van der Waals surface area contributed by atoms with E-state index in [2.05, 4.69) is 45.2 Å². The molecule has 112 valence electrons. The maximum atomic E-state index is 12.1. The normalized spacial score (nSPS) is 11.1. The first kappa shape index (κ1) is 16.9. The van der Waals surface area contributed by atoms with Crippen molar-refractivity contribution in [3.05, 3.63) is 66.8 Å². The van der Waals surface area contributed by atoms with Crippen LogP contribution < -0.4 is 4.74 Å². The molecule has 0 aliphatic heterocycles. The maximum Gasteiger partial charge on any atom is 0.350 e. The summed E-state index contributed by atoms with van der Waals surface area (Å²) in [7, 11) is 0. The summed E-state index contributed by atoms with van der Waals surface area (Å²) in [4.78, 5) is 23.4. The average molecular weight is 520 g/mol. The third kappa shape index (κ3) is 4.80. The summed E-state index contributed by atoms with van der Waals surface area (Å²) in [5.74, 6) is -1.90. The molecule has 2 rings (SSSR count). The van der Waals surface area contributed by atoms with Gasteiger partial charge in [-0.05, 0) is 75.0 Å². The summed E-state index contributed by atoms with van der Waals surface area (Å²) >= 11 is 4.20. The number of carbonyl (C=O) groups excluding carboxylic acids is 1. The Bertz CT molecular complexity index is 719. The minimum absolute atomic E-state index is 0.321. The molecule has 0 aliphatic rings. The zero-order valence-electron chi connectivity index (χ0n) is 11.1. The lowest BCUT2D eigenvalue weighted by atomic mass is 10.1. The van der Waals surface area contributed by atoms with Gasteiger partial charge in [0.25, 0.3) is 0 Å². The van der Waals surface area contributed by atoms with E-state index in [1.54, 1.807) is 36.4 Å². The minimum atomic E-state index is -1.32. The highest BCUT2D eigenvalue weighted by Gasteiger charge is 2.20. The standard InChI is InChI=1S/C16H10I2O4/c17-11-7-12(18)9-13(8-11)22-16(21)14(15(19)20)6-10-4-2-1-3-5-10/h1-9H,(H,19,20)/b14-6-. The van der Waals surface area contributed by atoms with Crippen LogP contribution in [0.4, 0.5) is 0 Å². The van der Waals surface area contributed by atoms with Crippen molar-refractivity contribution in [1.82, 2.24) is 0 Å². The van der Waals surface area contributed by atoms with Crippen molar-refractivity contribution in [2.75, 3.05) is 0 Å². The molecule has 0 heterocycles. The molecule has 0 saturated carbocycles. The van der Waals surface area contributed by atoms with E-state index in [0.29, 0.717) is 11.3 Å². The SMILES string of the molecule is O=C(O)/C(=C/c1ccccc1)C(=O)Oc1cc(I)cc(I)c1. The van der Waals surface area contributed by atoms with E-state index in [9.17, 15) is 14.7 Å². The topological polar surface area (TPSA) is 63.6 Å². The lowest BCUT2D eigenvalue weighted by Crippen LogP contribution is -2.18. The number of carboxylic acid groups (broad SMARTS) is 1. The number of carboxylic acids is 1. The molecular weight excluding hydrogens is 510 g/mol. The Kier molecular flexibility index (Phi) is 5.95. The van der Waals surface area contributed by atoms with Crippen molar-refractivity contribution in [3.8, 4) is 5.75 Å². The molecule has 2 aromatic carbocycles. The zero-order valence-corrected chi connectivity index (χ0v) is 15.4. The lowest BCUT2D eigenvalue weighted by Gasteiger charge is -2.06. The molecule has 1 N–H and O–H groups in total. The number of benzene rings is 2. The fourth-order valence-corrected chi connectivity index (χ4v) is 3.55. The van der Waals surface area contributed by atoms with Gasteiger partial charge in [0, 0.05) is 7.14 Å². The smallest absolute Gasteiger partial charge is 0.350 e. The number of hydrogen-bond donors (Lipinski definition) is 1. The Labute approximate surface area is 154 Å². The van der Waals surface area contributed by atoms with Crippen molar-refractivity contribution in [1.29, 1.82) is 0 Å². The van der Waals surface area contributed by atoms with Crippen LogP contribution in [0.15, 0.2) is 54.1 Å². The van der Waals surface area contributed by atoms with Gasteiger partial charge in [-0.2, -0.15) is 0 Å². The Morgan fingerprint density at radius 3 is 2.14 bits per heavy atom. The monoisotopic (exact) mass is 520 g/mol. The van der Waals surface area contributed by atoms with Gasteiger partial charge in [-0.15, -0.1) is 0 Å². The van der Waals surface area contributed by atoms with Gasteiger partial charge in [-0.25, -0.2) is 9.59 Å². The summed E-state index contributed by atoms with van der Waals surface area (Å²) in [6, 6.07) is 14.0. The average Bonchev–Trinajstić information content (AvgIpc) is 2.44. The van der Waals surface area contributed by atoms with Crippen LogP contribution in [0, 0.1) is 7.14 Å². The van der Waals surface area contributed by atoms with Crippen molar-refractivity contribution in [3.63, 3.8) is 0 Å². The van der Waals surface area contributed by atoms with Crippen molar-refractivity contribution < 1.29 is 19.4 Å². The molecule has 0 spiro atoms. The molecular formula is C16H10I2O4. The third-order valence-corrected chi connectivity index (χ3v) is 3.85. The van der Waals surface area contributed by atoms with Gasteiger partial charge in [0.2, 0.25) is 0 Å². The van der Waals surface area contributed by atoms with Crippen LogP contribution in [0.3, 0.4) is 0 Å². The van der Waals surface area contributed by atoms with E-state index < -0.39 is 17.5 Å². The number of esters is 1. The fraction of sp³-hybridized carbons (Fsp3) is 0. The van der Waals surface area contributed by atoms with E-state index in [4.69, 9.17) is 4.74 Å². The molecule has 2 aromatic rings. The molecule has 0 atom stereocenters. The number of ether oxygens (including phenoxy) is 1. The lowest BCUT2D eigenvalue weighted by molar-refractivity contribution is -0.138. The maximum absolute atomic E-state index is 12.1. The highest BCUT2D eigenvalue weighted by molar-refractivity contribution is 14.1. The number of carbonyl (C=O) groups is 2. The third-order valence-electron chi connectivity index (χ3n) is 2.61. The summed E-state index contributed by atoms with van der Waals surface area (Å²) < 4.78 is 6.97. The molecule has 0 aromatic heterocycles. The first-order valence-corrected chi connectivity index (χ1v) is 8.30. The highest BCUT2D eigenvalue weighted by Crippen LogP contribution is 2.21.